The van der Waals surface area contributed by atoms with Gasteiger partial charge in [-0.15, -0.1) is 11.3 Å². The van der Waals surface area contributed by atoms with Crippen LogP contribution in [0.15, 0.2) is 26.9 Å². The van der Waals surface area contributed by atoms with Crippen LogP contribution in [0.1, 0.15) is 43.1 Å². The largest absolute Gasteiger partial charge is 0.461 e. The van der Waals surface area contributed by atoms with Crippen LogP contribution in [0, 0.1) is 0 Å². The van der Waals surface area contributed by atoms with Crippen LogP contribution in [0.5, 0.6) is 0 Å². The Morgan fingerprint density at radius 1 is 1.42 bits per heavy atom. The smallest absolute Gasteiger partial charge is 0.360 e. The van der Waals surface area contributed by atoms with Crippen LogP contribution in [-0.2, 0) is 14.8 Å². The number of thiophene rings is 1. The molecule has 1 aliphatic rings. The number of sulfonamides is 1. The number of hydrogen-bond acceptors (Lipinski definition) is 7. The van der Waals surface area contributed by atoms with E-state index in [9.17, 15) is 13.2 Å². The average Bonchev–Trinajstić information content (AvgIpc) is 3.28. The zero-order chi connectivity index (χ0) is 17.2. The lowest BCUT2D eigenvalue weighted by Crippen LogP contribution is -2.32. The van der Waals surface area contributed by atoms with Gasteiger partial charge in [-0.2, -0.15) is 0 Å². The van der Waals surface area contributed by atoms with Crippen molar-refractivity contribution >= 4 is 27.3 Å². The van der Waals surface area contributed by atoms with E-state index in [1.54, 1.807) is 13.0 Å². The molecule has 0 amide bonds. The van der Waals surface area contributed by atoms with Gasteiger partial charge in [0.2, 0.25) is 10.0 Å². The summed E-state index contributed by atoms with van der Waals surface area (Å²) in [6.45, 7) is 1.95. The molecule has 0 aliphatic heterocycles. The third-order valence-electron chi connectivity index (χ3n) is 3.76. The van der Waals surface area contributed by atoms with Crippen molar-refractivity contribution in [1.29, 1.82) is 0 Å². The molecule has 0 saturated heterocycles. The first-order valence-electron chi connectivity index (χ1n) is 7.76. The third-order valence-corrected chi connectivity index (χ3v) is 6.87. The summed E-state index contributed by atoms with van der Waals surface area (Å²) in [6, 6.07) is 4.64. The van der Waals surface area contributed by atoms with Crippen LogP contribution < -0.4 is 4.72 Å². The Morgan fingerprint density at radius 2 is 2.17 bits per heavy atom. The van der Waals surface area contributed by atoms with Crippen molar-refractivity contribution in [3.63, 3.8) is 0 Å². The lowest BCUT2D eigenvalue weighted by molar-refractivity contribution is 0.0514. The molecule has 9 heteroatoms. The number of rotatable bonds is 6. The zero-order valence-electron chi connectivity index (χ0n) is 13.1. The number of nitrogens with one attached hydrogen (secondary N) is 1. The number of aromatic nitrogens is 1. The fourth-order valence-corrected chi connectivity index (χ4v) is 5.19. The maximum Gasteiger partial charge on any atom is 0.360 e. The molecular weight excluding hydrogens is 352 g/mol. The van der Waals surface area contributed by atoms with Gasteiger partial charge < -0.3 is 9.26 Å². The van der Waals surface area contributed by atoms with Gasteiger partial charge in [-0.25, -0.2) is 17.9 Å². The van der Waals surface area contributed by atoms with Crippen LogP contribution >= 0.6 is 11.3 Å². The highest BCUT2D eigenvalue weighted by Crippen LogP contribution is 2.32. The first-order chi connectivity index (χ1) is 11.5. The molecule has 3 rings (SSSR count). The van der Waals surface area contributed by atoms with Crippen molar-refractivity contribution in [2.45, 2.75) is 42.9 Å². The Hall–Kier alpha value is -1.71. The quantitative estimate of drug-likeness (QED) is 0.785. The molecule has 2 aromatic heterocycles. The van der Waals surface area contributed by atoms with Crippen molar-refractivity contribution < 1.29 is 22.5 Å². The summed E-state index contributed by atoms with van der Waals surface area (Å²) in [7, 11) is -3.53. The van der Waals surface area contributed by atoms with Crippen LogP contribution in [-0.4, -0.2) is 32.2 Å². The maximum atomic E-state index is 12.4. The maximum absolute atomic E-state index is 12.4. The standard InChI is InChI=1S/C15H18N2O5S2/c1-2-21-15(18)11-9-12(22-16-11)13-7-8-14(23-13)24(19,20)17-10-5-3-4-6-10/h7-10,17H,2-6H2,1H3. The van der Waals surface area contributed by atoms with Gasteiger partial charge in [-0.1, -0.05) is 18.0 Å². The van der Waals surface area contributed by atoms with E-state index in [4.69, 9.17) is 9.26 Å². The second-order valence-electron chi connectivity index (χ2n) is 5.52. The molecule has 7 nitrogen and oxygen atoms in total. The SMILES string of the molecule is CCOC(=O)c1cc(-c2ccc(S(=O)(=O)NC3CCCC3)s2)on1. The topological polar surface area (TPSA) is 98.5 Å². The molecule has 0 spiro atoms. The summed E-state index contributed by atoms with van der Waals surface area (Å²) in [5.74, 6) is -0.231. The number of nitrogens with zero attached hydrogens (tertiary/aromatic N) is 1. The highest BCUT2D eigenvalue weighted by Gasteiger charge is 2.25. The molecule has 130 valence electrons. The average molecular weight is 370 g/mol. The van der Waals surface area contributed by atoms with E-state index >= 15 is 0 Å². The molecule has 0 unspecified atom stereocenters. The number of hydrogen-bond donors (Lipinski definition) is 1. The fraction of sp³-hybridized carbons (Fsp3) is 0.467. The number of esters is 1. The lowest BCUT2D eigenvalue weighted by atomic mass is 10.3. The molecule has 1 N–H and O–H groups in total. The van der Waals surface area contributed by atoms with Crippen LogP contribution in [0.25, 0.3) is 10.6 Å². The lowest BCUT2D eigenvalue weighted by Gasteiger charge is -2.10. The number of carbonyl (C=O) groups excluding carboxylic acids is 1. The Bertz CT molecular complexity index is 819. The van der Waals surface area contributed by atoms with E-state index in [1.807, 2.05) is 0 Å². The van der Waals surface area contributed by atoms with Crippen molar-refractivity contribution in [1.82, 2.24) is 9.88 Å². The highest BCUT2D eigenvalue weighted by molar-refractivity contribution is 7.91. The molecule has 0 aromatic carbocycles. The van der Waals surface area contributed by atoms with Crippen LogP contribution in [0.4, 0.5) is 0 Å². The molecule has 0 bridgehead atoms. The van der Waals surface area contributed by atoms with Gasteiger partial charge in [0.15, 0.2) is 11.5 Å². The van der Waals surface area contributed by atoms with Crippen LogP contribution in [0.3, 0.4) is 0 Å². The van der Waals surface area contributed by atoms with Gasteiger partial charge in [0.05, 0.1) is 11.5 Å². The van der Waals surface area contributed by atoms with Crippen molar-refractivity contribution in [3.8, 4) is 10.6 Å². The summed E-state index contributed by atoms with van der Waals surface area (Å²) in [4.78, 5) is 12.2. The van der Waals surface area contributed by atoms with Gasteiger partial charge >= 0.3 is 5.97 Å². The zero-order valence-corrected chi connectivity index (χ0v) is 14.8. The molecule has 2 heterocycles. The van der Waals surface area contributed by atoms with Gasteiger partial charge in [0.25, 0.3) is 0 Å². The second-order valence-corrected chi connectivity index (χ2v) is 8.54. The van der Waals surface area contributed by atoms with E-state index < -0.39 is 16.0 Å². The molecule has 1 saturated carbocycles. The van der Waals surface area contributed by atoms with Gasteiger partial charge in [-0.3, -0.25) is 0 Å². The Labute approximate surface area is 144 Å². The molecule has 1 fully saturated rings. The van der Waals surface area contributed by atoms with Gasteiger partial charge in [-0.05, 0) is 31.9 Å². The summed E-state index contributed by atoms with van der Waals surface area (Å²) in [5, 5.41) is 3.66. The predicted octanol–water partition coefficient (Wildman–Crippen LogP) is 2.80. The number of ether oxygens (including phenoxy) is 1. The fourth-order valence-electron chi connectivity index (χ4n) is 2.61. The van der Waals surface area contributed by atoms with E-state index in [1.165, 1.54) is 12.1 Å². The Morgan fingerprint density at radius 3 is 2.88 bits per heavy atom. The molecular formula is C15H18N2O5S2. The highest BCUT2D eigenvalue weighted by atomic mass is 32.2. The van der Waals surface area contributed by atoms with E-state index in [0.29, 0.717) is 10.6 Å². The first kappa shape index (κ1) is 17.1. The minimum atomic E-state index is -3.53. The van der Waals surface area contributed by atoms with Crippen molar-refractivity contribution in [2.75, 3.05) is 6.61 Å². The molecule has 0 atom stereocenters. The monoisotopic (exact) mass is 370 g/mol. The Balaban J connectivity index is 1.76. The summed E-state index contributed by atoms with van der Waals surface area (Å²) < 4.78 is 37.7. The first-order valence-corrected chi connectivity index (χ1v) is 10.1. The Kier molecular flexibility index (Phi) is 5.02. The number of carbonyl (C=O) groups is 1. The summed E-state index contributed by atoms with van der Waals surface area (Å²) in [6.07, 6.45) is 3.86. The summed E-state index contributed by atoms with van der Waals surface area (Å²) >= 11 is 1.08. The van der Waals surface area contributed by atoms with E-state index in [-0.39, 0.29) is 22.6 Å². The molecule has 24 heavy (non-hydrogen) atoms. The normalized spacial score (nSPS) is 15.7. The predicted molar refractivity (Wildman–Crippen MR) is 88.4 cm³/mol. The second kappa shape index (κ2) is 7.04. The minimum absolute atomic E-state index is 0.0150. The van der Waals surface area contributed by atoms with Crippen molar-refractivity contribution in [3.05, 3.63) is 23.9 Å². The molecule has 0 radical (unpaired) electrons. The molecule has 1 aliphatic carbocycles. The van der Waals surface area contributed by atoms with Crippen LogP contribution in [0.2, 0.25) is 0 Å². The van der Waals surface area contributed by atoms with Gasteiger partial charge in [0.1, 0.15) is 4.21 Å². The van der Waals surface area contributed by atoms with E-state index in [0.717, 1.165) is 37.0 Å². The van der Waals surface area contributed by atoms with E-state index in [2.05, 4.69) is 9.88 Å². The third kappa shape index (κ3) is 3.68. The minimum Gasteiger partial charge on any atom is -0.461 e. The van der Waals surface area contributed by atoms with Crippen molar-refractivity contribution in [2.24, 2.45) is 0 Å². The molecule has 2 aromatic rings. The van der Waals surface area contributed by atoms with Gasteiger partial charge in [0, 0.05) is 12.1 Å². The summed E-state index contributed by atoms with van der Waals surface area (Å²) in [5.41, 5.74) is 0.0636.